The predicted molar refractivity (Wildman–Crippen MR) is 133 cm³/mol. The first kappa shape index (κ1) is 21.2. The minimum absolute atomic E-state index is 0.355. The maximum Gasteiger partial charge on any atom is 0.130 e. The first-order chi connectivity index (χ1) is 17.2. The average Bonchev–Trinajstić information content (AvgIpc) is 3.38. The van der Waals surface area contributed by atoms with E-state index in [2.05, 4.69) is 46.0 Å². The van der Waals surface area contributed by atoms with Gasteiger partial charge in [0.2, 0.25) is 0 Å². The lowest BCUT2D eigenvalue weighted by molar-refractivity contribution is 0.765. The van der Waals surface area contributed by atoms with Crippen molar-refractivity contribution in [1.29, 1.82) is 10.5 Å². The molecule has 0 atom stereocenters. The van der Waals surface area contributed by atoms with E-state index in [1.54, 1.807) is 12.1 Å². The van der Waals surface area contributed by atoms with Crippen LogP contribution in [0.3, 0.4) is 0 Å². The number of hydrogen-bond acceptors (Lipinski definition) is 4. The maximum absolute atomic E-state index is 9.37. The predicted octanol–water partition coefficient (Wildman–Crippen LogP) is 4.96. The smallest absolute Gasteiger partial charge is 0.130 e. The summed E-state index contributed by atoms with van der Waals surface area (Å²) >= 11 is 0. The lowest BCUT2D eigenvalue weighted by Crippen LogP contribution is -2.00. The highest BCUT2D eigenvalue weighted by molar-refractivity contribution is 5.86. The zero-order valence-electron chi connectivity index (χ0n) is 18.4. The van der Waals surface area contributed by atoms with Gasteiger partial charge in [-0.3, -0.25) is 0 Å². The minimum Gasteiger partial charge on any atom is -0.192 e. The second-order valence-corrected chi connectivity index (χ2v) is 7.57. The van der Waals surface area contributed by atoms with Gasteiger partial charge in [0.1, 0.15) is 11.0 Å². The van der Waals surface area contributed by atoms with E-state index in [0.29, 0.717) is 39.0 Å². The Morgan fingerprint density at radius 2 is 0.971 bits per heavy atom. The van der Waals surface area contributed by atoms with Crippen LogP contribution >= 0.6 is 0 Å². The van der Waals surface area contributed by atoms with Gasteiger partial charge >= 0.3 is 0 Å². The van der Waals surface area contributed by atoms with Crippen molar-refractivity contribution in [1.82, 2.24) is 15.0 Å². The molecule has 5 aromatic rings. The summed E-state index contributed by atoms with van der Waals surface area (Å²) in [6, 6.07) is 32.2. The van der Waals surface area contributed by atoms with E-state index in [0.717, 1.165) is 11.1 Å². The number of aromatic nitrogens is 3. The van der Waals surface area contributed by atoms with Crippen LogP contribution in [0, 0.1) is 46.3 Å². The zero-order valence-corrected chi connectivity index (χ0v) is 18.4. The summed E-state index contributed by atoms with van der Waals surface area (Å²) in [7, 11) is 0. The molecule has 0 aliphatic heterocycles. The standard InChI is InChI=1S/C30H15N5/c31-20-24-17-25(21-32)19-28(18-24)35-33-29-26(13-11-22-7-3-1-4-8-22)15-16-27(30(29)34-35)14-12-23-9-5-2-6-10-23/h1-10,15-19H. The van der Waals surface area contributed by atoms with Crippen LogP contribution in [-0.2, 0) is 0 Å². The van der Waals surface area contributed by atoms with Gasteiger partial charge in [-0.25, -0.2) is 0 Å². The van der Waals surface area contributed by atoms with Crippen LogP contribution < -0.4 is 0 Å². The number of nitriles is 2. The molecule has 4 aromatic carbocycles. The quantitative estimate of drug-likeness (QED) is 0.342. The molecule has 0 spiro atoms. The number of hydrogen-bond donors (Lipinski definition) is 0. The molecule has 1 heterocycles. The van der Waals surface area contributed by atoms with Crippen molar-refractivity contribution in [2.45, 2.75) is 0 Å². The van der Waals surface area contributed by atoms with E-state index in [1.807, 2.05) is 72.8 Å². The average molecular weight is 445 g/mol. The van der Waals surface area contributed by atoms with Gasteiger partial charge in [-0.05, 0) is 54.6 Å². The van der Waals surface area contributed by atoms with E-state index in [-0.39, 0.29) is 0 Å². The normalized spacial score (nSPS) is 9.77. The summed E-state index contributed by atoms with van der Waals surface area (Å²) in [5.41, 5.74) is 5.60. The first-order valence-corrected chi connectivity index (χ1v) is 10.7. The van der Waals surface area contributed by atoms with Gasteiger partial charge in [0.05, 0.1) is 40.1 Å². The molecule has 35 heavy (non-hydrogen) atoms. The van der Waals surface area contributed by atoms with Gasteiger partial charge in [0, 0.05) is 11.1 Å². The van der Waals surface area contributed by atoms with Crippen LogP contribution in [0.1, 0.15) is 33.4 Å². The van der Waals surface area contributed by atoms with Crippen molar-refractivity contribution in [2.24, 2.45) is 0 Å². The monoisotopic (exact) mass is 445 g/mol. The molecule has 0 amide bonds. The van der Waals surface area contributed by atoms with Crippen molar-refractivity contribution in [3.63, 3.8) is 0 Å². The SMILES string of the molecule is N#Cc1cc(C#N)cc(-n2nc3c(C#Cc4ccccc4)ccc(C#Cc4ccccc4)c3n2)c1. The third-order valence-corrected chi connectivity index (χ3v) is 5.18. The van der Waals surface area contributed by atoms with E-state index in [9.17, 15) is 10.5 Å². The van der Waals surface area contributed by atoms with Gasteiger partial charge in [-0.1, -0.05) is 60.1 Å². The molecule has 5 rings (SSSR count). The number of nitrogens with zero attached hydrogens (tertiary/aromatic N) is 5. The Morgan fingerprint density at radius 1 is 0.514 bits per heavy atom. The maximum atomic E-state index is 9.37. The fraction of sp³-hybridized carbons (Fsp3) is 0. The van der Waals surface area contributed by atoms with Crippen LogP contribution in [0.25, 0.3) is 16.7 Å². The summed E-state index contributed by atoms with van der Waals surface area (Å²) in [5, 5.41) is 28.1. The molecule has 0 N–H and O–H groups in total. The van der Waals surface area contributed by atoms with Gasteiger partial charge in [0.15, 0.2) is 0 Å². The molecule has 0 unspecified atom stereocenters. The molecule has 5 heteroatoms. The Balaban J connectivity index is 1.68. The number of benzene rings is 4. The van der Waals surface area contributed by atoms with Gasteiger partial charge in [0.25, 0.3) is 0 Å². The lowest BCUT2D eigenvalue weighted by atomic mass is 10.1. The zero-order chi connectivity index (χ0) is 24.0. The van der Waals surface area contributed by atoms with Crippen molar-refractivity contribution >= 4 is 11.0 Å². The third-order valence-electron chi connectivity index (χ3n) is 5.18. The van der Waals surface area contributed by atoms with E-state index in [1.165, 1.54) is 10.9 Å². The van der Waals surface area contributed by atoms with Crippen LogP contribution in [0.4, 0.5) is 0 Å². The molecule has 160 valence electrons. The van der Waals surface area contributed by atoms with Crippen LogP contribution in [0.5, 0.6) is 0 Å². The van der Waals surface area contributed by atoms with Crippen LogP contribution in [-0.4, -0.2) is 15.0 Å². The molecule has 5 nitrogen and oxygen atoms in total. The Bertz CT molecular complexity index is 1640. The fourth-order valence-electron chi connectivity index (χ4n) is 3.49. The van der Waals surface area contributed by atoms with Gasteiger partial charge < -0.3 is 0 Å². The topological polar surface area (TPSA) is 78.3 Å². The number of rotatable bonds is 1. The molecule has 0 saturated heterocycles. The van der Waals surface area contributed by atoms with E-state index >= 15 is 0 Å². The summed E-state index contributed by atoms with van der Waals surface area (Å²) < 4.78 is 0. The number of fused-ring (bicyclic) bond motifs is 1. The van der Waals surface area contributed by atoms with Gasteiger partial charge in [-0.2, -0.15) is 15.3 Å². The van der Waals surface area contributed by atoms with Crippen molar-refractivity contribution in [2.75, 3.05) is 0 Å². The van der Waals surface area contributed by atoms with Crippen LogP contribution in [0.15, 0.2) is 91.0 Å². The second-order valence-electron chi connectivity index (χ2n) is 7.57. The molecular formula is C30H15N5. The van der Waals surface area contributed by atoms with E-state index < -0.39 is 0 Å². The summed E-state index contributed by atoms with van der Waals surface area (Å²) in [4.78, 5) is 1.42. The highest BCUT2D eigenvalue weighted by Gasteiger charge is 2.13. The molecule has 0 radical (unpaired) electrons. The molecule has 0 saturated carbocycles. The summed E-state index contributed by atoms with van der Waals surface area (Å²) in [6.07, 6.45) is 0. The summed E-state index contributed by atoms with van der Waals surface area (Å²) in [5.74, 6) is 12.7. The lowest BCUT2D eigenvalue weighted by Gasteiger charge is -2.00. The Kier molecular flexibility index (Phi) is 5.75. The largest absolute Gasteiger partial charge is 0.192 e. The minimum atomic E-state index is 0.355. The molecule has 0 bridgehead atoms. The third kappa shape index (κ3) is 4.62. The molecule has 0 fully saturated rings. The van der Waals surface area contributed by atoms with Crippen molar-refractivity contribution in [3.8, 4) is 41.5 Å². The molecular weight excluding hydrogens is 430 g/mol. The van der Waals surface area contributed by atoms with Crippen LogP contribution in [0.2, 0.25) is 0 Å². The molecule has 0 aliphatic carbocycles. The first-order valence-electron chi connectivity index (χ1n) is 10.7. The molecule has 0 aliphatic rings. The highest BCUT2D eigenvalue weighted by atomic mass is 15.5. The second kappa shape index (κ2) is 9.48. The molecule has 1 aromatic heterocycles. The summed E-state index contributed by atoms with van der Waals surface area (Å²) in [6.45, 7) is 0. The highest BCUT2D eigenvalue weighted by Crippen LogP contribution is 2.21. The Labute approximate surface area is 202 Å². The van der Waals surface area contributed by atoms with Gasteiger partial charge in [-0.15, -0.1) is 10.2 Å². The van der Waals surface area contributed by atoms with Crippen molar-refractivity contribution < 1.29 is 0 Å². The Hall–Kier alpha value is -5.62. The Morgan fingerprint density at radius 3 is 1.40 bits per heavy atom. The van der Waals surface area contributed by atoms with Crippen molar-refractivity contribution in [3.05, 3.63) is 124 Å². The fourth-order valence-corrected chi connectivity index (χ4v) is 3.49. The van der Waals surface area contributed by atoms with E-state index in [4.69, 9.17) is 0 Å².